The Morgan fingerprint density at radius 3 is 2.68 bits per heavy atom. The first-order valence-corrected chi connectivity index (χ1v) is 6.61. The molecule has 1 amide bonds. The van der Waals surface area contributed by atoms with Gasteiger partial charge in [0.1, 0.15) is 5.75 Å². The van der Waals surface area contributed by atoms with Gasteiger partial charge in [0.15, 0.2) is 0 Å². The van der Waals surface area contributed by atoms with Crippen molar-refractivity contribution in [2.24, 2.45) is 11.1 Å². The molecule has 0 saturated carbocycles. The summed E-state index contributed by atoms with van der Waals surface area (Å²) in [6.07, 6.45) is 1.97. The lowest BCUT2D eigenvalue weighted by Crippen LogP contribution is -2.34. The Bertz CT molecular complexity index is 416. The fourth-order valence-electron chi connectivity index (χ4n) is 1.92. The van der Waals surface area contributed by atoms with E-state index in [9.17, 15) is 4.79 Å². The topological polar surface area (TPSA) is 64.3 Å². The second kappa shape index (κ2) is 7.14. The van der Waals surface area contributed by atoms with Crippen molar-refractivity contribution in [3.8, 4) is 5.75 Å². The van der Waals surface area contributed by atoms with Crippen LogP contribution in [-0.2, 0) is 0 Å². The lowest BCUT2D eigenvalue weighted by Gasteiger charge is -2.24. The largest absolute Gasteiger partial charge is 0.496 e. The Morgan fingerprint density at radius 2 is 2.05 bits per heavy atom. The number of carbonyl (C=O) groups is 1. The Balaban J connectivity index is 2.60. The monoisotopic (exact) mass is 264 g/mol. The van der Waals surface area contributed by atoms with Crippen LogP contribution in [0.5, 0.6) is 5.75 Å². The van der Waals surface area contributed by atoms with E-state index in [-0.39, 0.29) is 11.3 Å². The second-order valence-corrected chi connectivity index (χ2v) is 5.44. The molecule has 4 nitrogen and oxygen atoms in total. The molecular weight excluding hydrogens is 240 g/mol. The summed E-state index contributed by atoms with van der Waals surface area (Å²) in [5.74, 6) is 0.498. The van der Waals surface area contributed by atoms with Gasteiger partial charge in [0.2, 0.25) is 0 Å². The van der Waals surface area contributed by atoms with Crippen LogP contribution in [0.4, 0.5) is 0 Å². The third-order valence-corrected chi connectivity index (χ3v) is 3.14. The third-order valence-electron chi connectivity index (χ3n) is 3.14. The van der Waals surface area contributed by atoms with Crippen LogP contribution in [0, 0.1) is 5.41 Å². The number of nitrogens with one attached hydrogen (secondary N) is 1. The first kappa shape index (κ1) is 15.5. The number of amides is 1. The van der Waals surface area contributed by atoms with Gasteiger partial charge in [-0.2, -0.15) is 0 Å². The summed E-state index contributed by atoms with van der Waals surface area (Å²) in [4.78, 5) is 12.1. The van der Waals surface area contributed by atoms with Crippen molar-refractivity contribution in [1.82, 2.24) is 5.32 Å². The van der Waals surface area contributed by atoms with Crippen molar-refractivity contribution < 1.29 is 9.53 Å². The molecule has 0 bridgehead atoms. The Kier molecular flexibility index (Phi) is 5.83. The van der Waals surface area contributed by atoms with E-state index < -0.39 is 0 Å². The van der Waals surface area contributed by atoms with Gasteiger partial charge in [-0.3, -0.25) is 4.79 Å². The van der Waals surface area contributed by atoms with E-state index in [2.05, 4.69) is 19.2 Å². The lowest BCUT2D eigenvalue weighted by atomic mass is 9.87. The fraction of sp³-hybridized carbons (Fsp3) is 0.533. The summed E-state index contributed by atoms with van der Waals surface area (Å²) in [6.45, 7) is 5.57. The summed E-state index contributed by atoms with van der Waals surface area (Å²) < 4.78 is 5.19. The zero-order chi connectivity index (χ0) is 14.3. The average Bonchev–Trinajstić information content (AvgIpc) is 2.42. The molecule has 1 aromatic carbocycles. The molecule has 0 spiro atoms. The fourth-order valence-corrected chi connectivity index (χ4v) is 1.92. The SMILES string of the molecule is COc1ccccc1C(=O)NCC(C)(C)CCCN. The van der Waals surface area contributed by atoms with Crippen LogP contribution in [0.2, 0.25) is 0 Å². The summed E-state index contributed by atoms with van der Waals surface area (Å²) in [5, 5.41) is 2.96. The molecule has 0 saturated heterocycles. The molecule has 1 aromatic rings. The van der Waals surface area contributed by atoms with E-state index in [1.807, 2.05) is 12.1 Å². The van der Waals surface area contributed by atoms with Gasteiger partial charge in [0.25, 0.3) is 5.91 Å². The third kappa shape index (κ3) is 4.91. The van der Waals surface area contributed by atoms with Crippen LogP contribution < -0.4 is 15.8 Å². The molecule has 0 aliphatic rings. The van der Waals surface area contributed by atoms with Crippen LogP contribution in [0.15, 0.2) is 24.3 Å². The molecule has 0 fully saturated rings. The zero-order valence-corrected chi connectivity index (χ0v) is 12.0. The number of nitrogens with two attached hydrogens (primary N) is 1. The quantitative estimate of drug-likeness (QED) is 0.793. The van der Waals surface area contributed by atoms with Crippen LogP contribution in [0.25, 0.3) is 0 Å². The van der Waals surface area contributed by atoms with Gasteiger partial charge >= 0.3 is 0 Å². The molecule has 0 radical (unpaired) electrons. The van der Waals surface area contributed by atoms with Crippen LogP contribution in [-0.4, -0.2) is 26.1 Å². The van der Waals surface area contributed by atoms with Gasteiger partial charge in [-0.15, -0.1) is 0 Å². The second-order valence-electron chi connectivity index (χ2n) is 5.44. The number of hydrogen-bond donors (Lipinski definition) is 2. The number of rotatable bonds is 7. The number of para-hydroxylation sites is 1. The first-order valence-electron chi connectivity index (χ1n) is 6.61. The highest BCUT2D eigenvalue weighted by Gasteiger charge is 2.19. The minimum atomic E-state index is -0.0988. The highest BCUT2D eigenvalue weighted by atomic mass is 16.5. The van der Waals surface area contributed by atoms with Gasteiger partial charge in [-0.1, -0.05) is 26.0 Å². The molecule has 0 atom stereocenters. The van der Waals surface area contributed by atoms with Crippen LogP contribution >= 0.6 is 0 Å². The molecule has 0 heterocycles. The highest BCUT2D eigenvalue weighted by molar-refractivity contribution is 5.96. The average molecular weight is 264 g/mol. The molecule has 0 unspecified atom stereocenters. The van der Waals surface area contributed by atoms with Crippen molar-refractivity contribution >= 4 is 5.91 Å². The molecule has 4 heteroatoms. The van der Waals surface area contributed by atoms with Crippen molar-refractivity contribution in [3.63, 3.8) is 0 Å². The van der Waals surface area contributed by atoms with Crippen molar-refractivity contribution in [1.29, 1.82) is 0 Å². The molecule has 106 valence electrons. The molecule has 19 heavy (non-hydrogen) atoms. The number of benzene rings is 1. The highest BCUT2D eigenvalue weighted by Crippen LogP contribution is 2.22. The van der Waals surface area contributed by atoms with Crippen molar-refractivity contribution in [2.75, 3.05) is 20.2 Å². The Morgan fingerprint density at radius 1 is 1.37 bits per heavy atom. The maximum absolute atomic E-state index is 12.1. The maximum Gasteiger partial charge on any atom is 0.255 e. The van der Waals surface area contributed by atoms with E-state index in [0.29, 0.717) is 24.4 Å². The molecule has 0 aliphatic heterocycles. The number of methoxy groups -OCH3 is 1. The predicted molar refractivity (Wildman–Crippen MR) is 77.4 cm³/mol. The molecule has 0 aromatic heterocycles. The predicted octanol–water partition coefficient (Wildman–Crippen LogP) is 2.19. The Hall–Kier alpha value is -1.55. The molecule has 3 N–H and O–H groups in total. The van der Waals surface area contributed by atoms with E-state index in [1.54, 1.807) is 19.2 Å². The summed E-state index contributed by atoms with van der Waals surface area (Å²) in [5.41, 5.74) is 6.14. The lowest BCUT2D eigenvalue weighted by molar-refractivity contribution is 0.0931. The number of ether oxygens (including phenoxy) is 1. The smallest absolute Gasteiger partial charge is 0.255 e. The number of hydrogen-bond acceptors (Lipinski definition) is 3. The van der Waals surface area contributed by atoms with Crippen LogP contribution in [0.1, 0.15) is 37.0 Å². The van der Waals surface area contributed by atoms with Crippen molar-refractivity contribution in [2.45, 2.75) is 26.7 Å². The summed E-state index contributed by atoms with van der Waals surface area (Å²) in [6, 6.07) is 7.23. The standard InChI is InChI=1S/C15H24N2O2/c1-15(2,9-6-10-16)11-17-14(18)12-7-4-5-8-13(12)19-3/h4-5,7-8H,6,9-11,16H2,1-3H3,(H,17,18). The van der Waals surface area contributed by atoms with Gasteiger partial charge < -0.3 is 15.8 Å². The summed E-state index contributed by atoms with van der Waals surface area (Å²) in [7, 11) is 1.57. The first-order chi connectivity index (χ1) is 9.00. The molecule has 0 aliphatic carbocycles. The van der Waals surface area contributed by atoms with Gasteiger partial charge in [0, 0.05) is 6.54 Å². The minimum absolute atomic E-state index is 0.0526. The van der Waals surface area contributed by atoms with Gasteiger partial charge in [-0.05, 0) is 36.9 Å². The van der Waals surface area contributed by atoms with Crippen molar-refractivity contribution in [3.05, 3.63) is 29.8 Å². The minimum Gasteiger partial charge on any atom is -0.496 e. The zero-order valence-electron chi connectivity index (χ0n) is 12.0. The van der Waals surface area contributed by atoms with E-state index in [1.165, 1.54) is 0 Å². The van der Waals surface area contributed by atoms with Gasteiger partial charge in [0.05, 0.1) is 12.7 Å². The van der Waals surface area contributed by atoms with E-state index in [4.69, 9.17) is 10.5 Å². The Labute approximate surface area is 115 Å². The van der Waals surface area contributed by atoms with Crippen LogP contribution in [0.3, 0.4) is 0 Å². The molecule has 1 rings (SSSR count). The summed E-state index contributed by atoms with van der Waals surface area (Å²) >= 11 is 0. The number of carbonyl (C=O) groups excluding carboxylic acids is 1. The normalized spacial score (nSPS) is 11.2. The van der Waals surface area contributed by atoms with E-state index >= 15 is 0 Å². The maximum atomic E-state index is 12.1. The van der Waals surface area contributed by atoms with Gasteiger partial charge in [-0.25, -0.2) is 0 Å². The molecular formula is C15H24N2O2. The van der Waals surface area contributed by atoms with E-state index in [0.717, 1.165) is 12.8 Å².